The van der Waals surface area contributed by atoms with E-state index >= 15 is 0 Å². The normalized spacial score (nSPS) is 22.2. The van der Waals surface area contributed by atoms with Crippen LogP contribution in [0.1, 0.15) is 29.1 Å². The van der Waals surface area contributed by atoms with Gasteiger partial charge in [-0.05, 0) is 35.0 Å². The van der Waals surface area contributed by atoms with Crippen LogP contribution in [0.2, 0.25) is 5.02 Å². The number of carboxylic acid groups (broad SMARTS) is 1. The lowest BCUT2D eigenvalue weighted by molar-refractivity contribution is -0.158. The SMILES string of the molecule is CC(Sc1nn[nH]n1)C1(C(=O)O)CS[C@@H]2C(NC(=O)C(NC(=O)NCC(=O)c3ccco3)c3ccc(O)c(Cl)c3)C(=O)N2C1. The number of hydrogen-bond acceptors (Lipinski definition) is 12. The maximum Gasteiger partial charge on any atom is 0.316 e. The molecule has 2 aromatic heterocycles. The minimum absolute atomic E-state index is 0.0395. The Morgan fingerprint density at radius 3 is 2.77 bits per heavy atom. The number of carbonyl (C=O) groups excluding carboxylic acids is 4. The molecule has 5 rings (SSSR count). The van der Waals surface area contributed by atoms with Crippen molar-refractivity contribution in [3.8, 4) is 5.75 Å². The Labute approximate surface area is 262 Å². The van der Waals surface area contributed by atoms with Gasteiger partial charge in [0.05, 0.1) is 17.8 Å². The Morgan fingerprint density at radius 2 is 2.11 bits per heavy atom. The van der Waals surface area contributed by atoms with Crippen LogP contribution in [0.3, 0.4) is 0 Å². The molecule has 16 nitrogen and oxygen atoms in total. The van der Waals surface area contributed by atoms with Crippen molar-refractivity contribution in [2.24, 2.45) is 5.41 Å². The molecule has 2 saturated heterocycles. The van der Waals surface area contributed by atoms with Gasteiger partial charge in [0, 0.05) is 17.5 Å². The lowest BCUT2D eigenvalue weighted by Crippen LogP contribution is -2.75. The molecule has 232 valence electrons. The quantitative estimate of drug-likeness (QED) is 0.0956. The summed E-state index contributed by atoms with van der Waals surface area (Å²) in [6.07, 6.45) is 1.31. The van der Waals surface area contributed by atoms with Gasteiger partial charge in [0.25, 0.3) is 0 Å². The van der Waals surface area contributed by atoms with Crippen LogP contribution < -0.4 is 16.0 Å². The highest BCUT2D eigenvalue weighted by molar-refractivity contribution is 8.01. The van der Waals surface area contributed by atoms with Crippen molar-refractivity contribution in [1.82, 2.24) is 41.5 Å². The number of hydrogen-bond donors (Lipinski definition) is 6. The maximum absolute atomic E-state index is 13.5. The summed E-state index contributed by atoms with van der Waals surface area (Å²) >= 11 is 8.38. The highest BCUT2D eigenvalue weighted by atomic mass is 35.5. The Kier molecular flexibility index (Phi) is 9.02. The summed E-state index contributed by atoms with van der Waals surface area (Å²) in [6.45, 7) is 1.19. The third-order valence-electron chi connectivity index (χ3n) is 7.26. The molecule has 1 aromatic carbocycles. The monoisotopic (exact) mass is 664 g/mol. The second-order valence-electron chi connectivity index (χ2n) is 9.94. The molecule has 2 aliphatic rings. The van der Waals surface area contributed by atoms with Gasteiger partial charge in [0.1, 0.15) is 28.6 Å². The number of nitrogens with zero attached hydrogens (tertiary/aromatic N) is 4. The smallest absolute Gasteiger partial charge is 0.316 e. The number of H-pyrrole nitrogens is 1. The van der Waals surface area contributed by atoms with E-state index in [0.29, 0.717) is 0 Å². The number of carboxylic acids is 1. The van der Waals surface area contributed by atoms with Gasteiger partial charge in [-0.1, -0.05) is 36.4 Å². The van der Waals surface area contributed by atoms with Crippen molar-refractivity contribution in [2.45, 2.75) is 34.8 Å². The number of furan rings is 1. The molecule has 19 heteroatoms. The fraction of sp³-hybridized carbons (Fsp3) is 0.360. The summed E-state index contributed by atoms with van der Waals surface area (Å²) in [5.74, 6) is -2.93. The molecule has 2 fully saturated rings. The van der Waals surface area contributed by atoms with Crippen LogP contribution in [-0.4, -0.2) is 101 Å². The first-order valence-electron chi connectivity index (χ1n) is 13.0. The lowest BCUT2D eigenvalue weighted by atomic mass is 9.84. The van der Waals surface area contributed by atoms with Crippen molar-refractivity contribution < 1.29 is 38.6 Å². The van der Waals surface area contributed by atoms with E-state index in [1.807, 2.05) is 0 Å². The number of aromatic amines is 1. The van der Waals surface area contributed by atoms with Gasteiger partial charge in [0.15, 0.2) is 5.76 Å². The van der Waals surface area contributed by atoms with Gasteiger partial charge in [-0.15, -0.1) is 22.0 Å². The zero-order valence-electron chi connectivity index (χ0n) is 22.7. The van der Waals surface area contributed by atoms with Crippen LogP contribution >= 0.6 is 35.1 Å². The molecule has 0 saturated carbocycles. The number of ketones is 1. The van der Waals surface area contributed by atoms with Crippen LogP contribution in [0.5, 0.6) is 5.75 Å². The molecule has 2 aliphatic heterocycles. The highest BCUT2D eigenvalue weighted by Crippen LogP contribution is 2.47. The number of amides is 4. The van der Waals surface area contributed by atoms with E-state index in [-0.39, 0.29) is 39.5 Å². The molecular formula is C25H25ClN8O8S2. The number of aromatic nitrogens is 4. The molecule has 4 amide bonds. The number of urea groups is 1. The number of phenolic OH excluding ortho intramolecular Hbond substituents is 1. The van der Waals surface area contributed by atoms with E-state index in [1.165, 1.54) is 53.3 Å². The largest absolute Gasteiger partial charge is 0.506 e. The van der Waals surface area contributed by atoms with E-state index in [0.717, 1.165) is 11.8 Å². The summed E-state index contributed by atoms with van der Waals surface area (Å²) in [4.78, 5) is 65.5. The second-order valence-corrected chi connectivity index (χ2v) is 12.8. The summed E-state index contributed by atoms with van der Waals surface area (Å²) in [6, 6.07) is 3.59. The molecule has 4 heterocycles. The van der Waals surface area contributed by atoms with Gasteiger partial charge < -0.3 is 35.5 Å². The highest BCUT2D eigenvalue weighted by Gasteiger charge is 2.59. The van der Waals surface area contributed by atoms with Crippen molar-refractivity contribution in [3.05, 3.63) is 52.9 Å². The number of aliphatic carboxylic acids is 1. The molecule has 0 aliphatic carbocycles. The lowest BCUT2D eigenvalue weighted by Gasteiger charge is -2.55. The average molecular weight is 665 g/mol. The number of fused-ring (bicyclic) bond motifs is 1. The van der Waals surface area contributed by atoms with Crippen LogP contribution in [0, 0.1) is 5.41 Å². The number of tetrazole rings is 1. The third-order valence-corrected chi connectivity index (χ3v) is 10.3. The molecular weight excluding hydrogens is 640 g/mol. The predicted octanol–water partition coefficient (Wildman–Crippen LogP) is 1.03. The fourth-order valence-corrected chi connectivity index (χ4v) is 7.67. The van der Waals surface area contributed by atoms with Crippen LogP contribution in [0.25, 0.3) is 0 Å². The number of thioether (sulfide) groups is 2. The number of phenols is 1. The fourth-order valence-electron chi connectivity index (χ4n) is 4.72. The van der Waals surface area contributed by atoms with Gasteiger partial charge in [0.2, 0.25) is 22.8 Å². The van der Waals surface area contributed by atoms with Crippen LogP contribution in [0.15, 0.2) is 46.2 Å². The van der Waals surface area contributed by atoms with Gasteiger partial charge in [-0.3, -0.25) is 19.2 Å². The Hall–Kier alpha value is -4.29. The molecule has 44 heavy (non-hydrogen) atoms. The van der Waals surface area contributed by atoms with Crippen molar-refractivity contribution in [2.75, 3.05) is 18.8 Å². The minimum atomic E-state index is -1.38. The number of aromatic hydroxyl groups is 1. The van der Waals surface area contributed by atoms with Crippen LogP contribution in [-0.2, 0) is 14.4 Å². The predicted molar refractivity (Wildman–Crippen MR) is 155 cm³/mol. The molecule has 5 atom stereocenters. The van der Waals surface area contributed by atoms with E-state index in [4.69, 9.17) is 16.0 Å². The van der Waals surface area contributed by atoms with Crippen molar-refractivity contribution in [3.63, 3.8) is 0 Å². The number of Topliss-reactive ketones (excluding diaryl/α,β-unsaturated/α-hetero) is 1. The van der Waals surface area contributed by atoms with E-state index in [1.54, 1.807) is 6.92 Å². The minimum Gasteiger partial charge on any atom is -0.506 e. The first kappa shape index (κ1) is 31.1. The van der Waals surface area contributed by atoms with Crippen LogP contribution in [0.4, 0.5) is 4.79 Å². The standard InChI is InChI=1S/C25H25ClN8O8S2/c1-11(44-24-30-32-33-31-24)25(22(39)40)9-34-20(38)18(21(34)43-10-25)28-19(37)17(12-4-5-14(35)13(26)7-12)29-23(41)27-8-15(36)16-3-2-6-42-16/h2-7,11,17-18,21,35H,8-10H2,1H3,(H,28,37)(H,39,40)(H2,27,29,41)(H,30,31,32,33)/t11?,17?,18?,21-,25?/m1/s1. The number of β-lactam (4-membered cyclic amide) rings is 1. The molecule has 3 aromatic rings. The van der Waals surface area contributed by atoms with E-state index < -0.39 is 64.3 Å². The maximum atomic E-state index is 13.5. The number of benzene rings is 1. The third kappa shape index (κ3) is 6.18. The van der Waals surface area contributed by atoms with Gasteiger partial charge in [-0.25, -0.2) is 4.79 Å². The summed E-state index contributed by atoms with van der Waals surface area (Å²) in [7, 11) is 0. The Balaban J connectivity index is 1.26. The van der Waals surface area contributed by atoms with E-state index in [9.17, 15) is 34.2 Å². The number of rotatable bonds is 11. The van der Waals surface area contributed by atoms with E-state index in [2.05, 4.69) is 36.6 Å². The Bertz CT molecular complexity index is 1580. The topological polar surface area (TPSA) is 233 Å². The number of halogens is 1. The van der Waals surface area contributed by atoms with Gasteiger partial charge >= 0.3 is 12.0 Å². The zero-order valence-corrected chi connectivity index (χ0v) is 25.1. The molecule has 0 radical (unpaired) electrons. The second kappa shape index (κ2) is 12.7. The summed E-state index contributed by atoms with van der Waals surface area (Å²) in [5.41, 5.74) is -1.13. The zero-order chi connectivity index (χ0) is 31.6. The summed E-state index contributed by atoms with van der Waals surface area (Å²) < 4.78 is 5.01. The average Bonchev–Trinajstić information content (AvgIpc) is 3.73. The van der Waals surface area contributed by atoms with Crippen molar-refractivity contribution in [1.29, 1.82) is 0 Å². The molecule has 0 bridgehead atoms. The first-order valence-corrected chi connectivity index (χ1v) is 15.3. The first-order chi connectivity index (χ1) is 21.0. The molecule has 6 N–H and O–H groups in total. The molecule has 4 unspecified atom stereocenters. The van der Waals surface area contributed by atoms with Crippen molar-refractivity contribution >= 4 is 64.7 Å². The Morgan fingerprint density at radius 1 is 1.32 bits per heavy atom. The van der Waals surface area contributed by atoms with Gasteiger partial charge in [-0.2, -0.15) is 5.21 Å². The number of nitrogens with one attached hydrogen (secondary N) is 4. The summed E-state index contributed by atoms with van der Waals surface area (Å²) in [5, 5.41) is 40.1. The number of carbonyl (C=O) groups is 5. The molecule has 0 spiro atoms.